The molecule has 0 spiro atoms. The summed E-state index contributed by atoms with van der Waals surface area (Å²) < 4.78 is 50.7. The van der Waals surface area contributed by atoms with E-state index in [0.717, 1.165) is 35.4 Å². The predicted molar refractivity (Wildman–Crippen MR) is 117 cm³/mol. The van der Waals surface area contributed by atoms with E-state index >= 15 is 0 Å². The second kappa shape index (κ2) is 8.20. The van der Waals surface area contributed by atoms with Crippen molar-refractivity contribution < 1.29 is 27.4 Å². The summed E-state index contributed by atoms with van der Waals surface area (Å²) in [7, 11) is 2.85. The van der Waals surface area contributed by atoms with Crippen molar-refractivity contribution in [2.75, 3.05) is 49.0 Å². The molecule has 0 radical (unpaired) electrons. The number of ether oxygens (including phenoxy) is 2. The molecule has 9 heteroatoms. The lowest BCUT2D eigenvalue weighted by atomic mass is 9.90. The first-order valence-electron chi connectivity index (χ1n) is 10.4. The van der Waals surface area contributed by atoms with Gasteiger partial charge >= 0.3 is 6.18 Å². The summed E-state index contributed by atoms with van der Waals surface area (Å²) in [6.45, 7) is 2.50. The van der Waals surface area contributed by atoms with Gasteiger partial charge in [0, 0.05) is 63.2 Å². The molecule has 2 aromatic carbocycles. The number of nitrogens with zero attached hydrogens (tertiary/aromatic N) is 2. The Morgan fingerprint density at radius 1 is 1.12 bits per heavy atom. The number of aryl methyl sites for hydroxylation is 1. The Labute approximate surface area is 184 Å². The van der Waals surface area contributed by atoms with Crippen LogP contribution in [0.4, 0.5) is 35.9 Å². The number of fused-ring (bicyclic) bond motifs is 1. The van der Waals surface area contributed by atoms with Gasteiger partial charge in [0.2, 0.25) is 0 Å². The number of carbonyl (C=O) groups excluding carboxylic acids is 1. The van der Waals surface area contributed by atoms with Gasteiger partial charge in [-0.2, -0.15) is 13.2 Å². The molecule has 1 amide bonds. The number of likely N-dealkylation sites (N-methyl/N-ethyl adjacent to an activating group) is 1. The Hall–Kier alpha value is -2.94. The predicted octanol–water partition coefficient (Wildman–Crippen LogP) is 4.64. The fourth-order valence-corrected chi connectivity index (χ4v) is 4.22. The van der Waals surface area contributed by atoms with Crippen LogP contribution in [0.3, 0.4) is 0 Å². The van der Waals surface area contributed by atoms with E-state index in [1.807, 2.05) is 48.2 Å². The van der Waals surface area contributed by atoms with Gasteiger partial charge in [-0.05, 0) is 42.8 Å². The van der Waals surface area contributed by atoms with Crippen LogP contribution in [0.15, 0.2) is 36.4 Å². The number of anilines is 4. The lowest BCUT2D eigenvalue weighted by Crippen LogP contribution is -2.54. The van der Waals surface area contributed by atoms with Gasteiger partial charge in [-0.15, -0.1) is 0 Å². The van der Waals surface area contributed by atoms with Crippen molar-refractivity contribution in [3.05, 3.63) is 42.0 Å². The number of carbonyl (C=O) groups is 1. The Morgan fingerprint density at radius 2 is 1.84 bits per heavy atom. The van der Waals surface area contributed by atoms with Crippen LogP contribution in [0.25, 0.3) is 0 Å². The third-order valence-corrected chi connectivity index (χ3v) is 6.38. The topological polar surface area (TPSA) is 54.0 Å². The molecule has 4 rings (SSSR count). The molecule has 0 aromatic heterocycles. The summed E-state index contributed by atoms with van der Waals surface area (Å²) in [5.74, 6) is 0.534. The molecule has 0 aliphatic carbocycles. The van der Waals surface area contributed by atoms with E-state index in [9.17, 15) is 18.0 Å². The first-order chi connectivity index (χ1) is 15.1. The molecule has 32 heavy (non-hydrogen) atoms. The molecule has 2 aromatic rings. The fourth-order valence-electron chi connectivity index (χ4n) is 4.22. The standard InChI is InChI=1S/C23H26F3N3O3/c1-15-12-17(29-10-8-22(31-3,9-11-29)23(24,25)26)5-6-18(15)27-16-4-7-19-20(13-16)32-14-21(30)28(19)2/h4-7,12-13,27H,8-11,14H2,1-3H3. The van der Waals surface area contributed by atoms with E-state index < -0.39 is 11.8 Å². The van der Waals surface area contributed by atoms with Crippen LogP contribution in [0, 0.1) is 6.92 Å². The number of rotatable bonds is 4. The van der Waals surface area contributed by atoms with Gasteiger partial charge in [0.25, 0.3) is 5.91 Å². The minimum atomic E-state index is -4.38. The molecule has 172 valence electrons. The molecule has 2 aliphatic rings. The second-order valence-corrected chi connectivity index (χ2v) is 8.23. The molecule has 0 bridgehead atoms. The van der Waals surface area contributed by atoms with Crippen molar-refractivity contribution in [1.82, 2.24) is 0 Å². The Kier molecular flexibility index (Phi) is 5.70. The first kappa shape index (κ1) is 22.3. The van der Waals surface area contributed by atoms with Gasteiger partial charge < -0.3 is 24.6 Å². The average Bonchev–Trinajstić information content (AvgIpc) is 2.77. The number of hydrogen-bond acceptors (Lipinski definition) is 5. The van der Waals surface area contributed by atoms with Crippen molar-refractivity contribution in [2.24, 2.45) is 0 Å². The minimum absolute atomic E-state index is 0.00914. The molecule has 2 aliphatic heterocycles. The summed E-state index contributed by atoms with van der Waals surface area (Å²) >= 11 is 0. The van der Waals surface area contributed by atoms with Crippen molar-refractivity contribution in [3.63, 3.8) is 0 Å². The van der Waals surface area contributed by atoms with Gasteiger partial charge in [-0.3, -0.25) is 4.79 Å². The normalized spacial score (nSPS) is 18.2. The van der Waals surface area contributed by atoms with E-state index in [0.29, 0.717) is 5.75 Å². The number of benzene rings is 2. The van der Waals surface area contributed by atoms with Crippen molar-refractivity contribution in [1.29, 1.82) is 0 Å². The van der Waals surface area contributed by atoms with Gasteiger partial charge in [0.15, 0.2) is 12.2 Å². The number of methoxy groups -OCH3 is 1. The molecular formula is C23H26F3N3O3. The quantitative estimate of drug-likeness (QED) is 0.737. The highest BCUT2D eigenvalue weighted by Crippen LogP contribution is 2.42. The van der Waals surface area contributed by atoms with Gasteiger partial charge in [0.1, 0.15) is 5.75 Å². The van der Waals surface area contributed by atoms with Gasteiger partial charge in [-0.1, -0.05) is 0 Å². The zero-order chi connectivity index (χ0) is 23.1. The molecular weight excluding hydrogens is 423 g/mol. The summed E-state index contributed by atoms with van der Waals surface area (Å²) in [5.41, 5.74) is 2.20. The lowest BCUT2D eigenvalue weighted by molar-refractivity contribution is -0.276. The van der Waals surface area contributed by atoms with E-state index in [1.54, 1.807) is 11.9 Å². The van der Waals surface area contributed by atoms with Crippen LogP contribution in [0.1, 0.15) is 18.4 Å². The third-order valence-electron chi connectivity index (χ3n) is 6.38. The Balaban J connectivity index is 1.46. The number of nitrogens with one attached hydrogen (secondary N) is 1. The van der Waals surface area contributed by atoms with E-state index in [1.165, 1.54) is 0 Å². The zero-order valence-corrected chi connectivity index (χ0v) is 18.3. The minimum Gasteiger partial charge on any atom is -0.481 e. The SMILES string of the molecule is COC1(C(F)(F)F)CCN(c2ccc(Nc3ccc4c(c3)OCC(=O)N4C)c(C)c2)CC1. The van der Waals surface area contributed by atoms with Crippen LogP contribution in [0.5, 0.6) is 5.75 Å². The van der Waals surface area contributed by atoms with Crippen LogP contribution >= 0.6 is 0 Å². The Morgan fingerprint density at radius 3 is 2.47 bits per heavy atom. The monoisotopic (exact) mass is 449 g/mol. The lowest BCUT2D eigenvalue weighted by Gasteiger charge is -2.42. The molecule has 1 N–H and O–H groups in total. The maximum atomic E-state index is 13.4. The van der Waals surface area contributed by atoms with Crippen molar-refractivity contribution >= 4 is 28.7 Å². The smallest absolute Gasteiger partial charge is 0.417 e. The van der Waals surface area contributed by atoms with Crippen LogP contribution in [-0.2, 0) is 9.53 Å². The number of hydrogen-bond donors (Lipinski definition) is 1. The second-order valence-electron chi connectivity index (χ2n) is 8.23. The number of amides is 1. The molecule has 6 nitrogen and oxygen atoms in total. The number of halogens is 3. The zero-order valence-electron chi connectivity index (χ0n) is 18.3. The van der Waals surface area contributed by atoms with E-state index in [-0.39, 0.29) is 38.4 Å². The molecule has 0 unspecified atom stereocenters. The Bertz CT molecular complexity index is 1020. The third kappa shape index (κ3) is 3.97. The molecule has 1 saturated heterocycles. The first-order valence-corrected chi connectivity index (χ1v) is 10.4. The highest BCUT2D eigenvalue weighted by atomic mass is 19.4. The fraction of sp³-hybridized carbons (Fsp3) is 0.435. The largest absolute Gasteiger partial charge is 0.481 e. The number of alkyl halides is 3. The molecule has 2 heterocycles. The summed E-state index contributed by atoms with van der Waals surface area (Å²) in [4.78, 5) is 15.3. The van der Waals surface area contributed by atoms with E-state index in [2.05, 4.69) is 5.32 Å². The van der Waals surface area contributed by atoms with Gasteiger partial charge in [-0.25, -0.2) is 0 Å². The summed E-state index contributed by atoms with van der Waals surface area (Å²) in [6.07, 6.45) is -4.57. The molecule has 0 atom stereocenters. The highest BCUT2D eigenvalue weighted by molar-refractivity contribution is 5.97. The van der Waals surface area contributed by atoms with Crippen LogP contribution in [-0.4, -0.2) is 51.5 Å². The van der Waals surface area contributed by atoms with Crippen molar-refractivity contribution in [2.45, 2.75) is 31.5 Å². The number of piperidine rings is 1. The van der Waals surface area contributed by atoms with Crippen LogP contribution < -0.4 is 19.9 Å². The highest BCUT2D eigenvalue weighted by Gasteiger charge is 2.56. The van der Waals surface area contributed by atoms with E-state index in [4.69, 9.17) is 9.47 Å². The average molecular weight is 449 g/mol. The summed E-state index contributed by atoms with van der Waals surface area (Å²) in [5, 5.41) is 3.35. The van der Waals surface area contributed by atoms with Crippen molar-refractivity contribution in [3.8, 4) is 5.75 Å². The molecule has 0 saturated carbocycles. The molecule has 1 fully saturated rings. The van der Waals surface area contributed by atoms with Gasteiger partial charge in [0.05, 0.1) is 5.69 Å². The van der Waals surface area contributed by atoms with Crippen LogP contribution in [0.2, 0.25) is 0 Å². The maximum absolute atomic E-state index is 13.4. The maximum Gasteiger partial charge on any atom is 0.417 e. The summed E-state index contributed by atoms with van der Waals surface area (Å²) in [6, 6.07) is 11.3.